The molecule has 0 fully saturated rings. The number of aryl methyl sites for hydroxylation is 4. The van der Waals surface area contributed by atoms with Gasteiger partial charge in [-0.3, -0.25) is 15.0 Å². The van der Waals surface area contributed by atoms with E-state index >= 15 is 0 Å². The molecular weight excluding hydrogens is 2080 g/mol. The van der Waals surface area contributed by atoms with Gasteiger partial charge in [0.25, 0.3) is 0 Å². The minimum Gasteiger partial charge on any atom is -0.340 e. The predicted octanol–water partition coefficient (Wildman–Crippen LogP) is 30.8. The van der Waals surface area contributed by atoms with Gasteiger partial charge in [-0.15, -0.1) is 88.0 Å². The Labute approximate surface area is 783 Å². The van der Waals surface area contributed by atoms with Crippen LogP contribution in [0.3, 0.4) is 0 Å². The summed E-state index contributed by atoms with van der Waals surface area (Å²) in [5.41, 5.74) is 29.8. The van der Waals surface area contributed by atoms with Crippen molar-refractivity contribution in [3.63, 3.8) is 0 Å². The summed E-state index contributed by atoms with van der Waals surface area (Å²) in [6.07, 6.45) is 12.0. The predicted molar refractivity (Wildman–Crippen MR) is 521 cm³/mol. The van der Waals surface area contributed by atoms with Crippen LogP contribution < -0.4 is 0 Å². The van der Waals surface area contributed by atoms with Gasteiger partial charge in [0.15, 0.2) is 0 Å². The van der Waals surface area contributed by atoms with Crippen molar-refractivity contribution < 1.29 is 60.3 Å². The SMILES string of the molecule is CC(C)c1cccc(C(C)C)c1-n1ccnc1-c1[c-]cc2c(c1)-c1ccc3c4ccccc4c4ccccc4c3c1C2(C)C.Cc1cccc(C)c1-n1ccnc1-c1[c-]cc2c(c1)-c1ccc3c4ccccc4c4ccccc4c3c1C2(C)C.Cc1cccc(C)c1-n1ccnc1-c1[c-]cc2c(c1)C(C)(C)c1c-2ccc2c3ccccc3c3ccccc3c12.[Ir].[Ir].[Ir]. The van der Waals surface area contributed by atoms with Crippen LogP contribution in [0.2, 0.25) is 0 Å². The van der Waals surface area contributed by atoms with E-state index in [2.05, 4.69) is 420 Å². The largest absolute Gasteiger partial charge is 0.340 e. The second-order valence-corrected chi connectivity index (χ2v) is 36.8. The molecule has 0 saturated heterocycles. The number of hydrogen-bond acceptors (Lipinski definition) is 3. The molecule has 0 unspecified atom stereocenters. The number of rotatable bonds is 8. The van der Waals surface area contributed by atoms with Crippen LogP contribution in [0.25, 0.3) is 182 Å². The molecule has 127 heavy (non-hydrogen) atoms. The number of aromatic nitrogens is 6. The molecule has 0 bridgehead atoms. The molecule has 3 aliphatic rings. The van der Waals surface area contributed by atoms with Crippen LogP contribution in [-0.2, 0) is 76.6 Å². The van der Waals surface area contributed by atoms with Crippen LogP contribution in [0.15, 0.2) is 310 Å². The summed E-state index contributed by atoms with van der Waals surface area (Å²) >= 11 is 0. The molecule has 3 heterocycles. The van der Waals surface area contributed by atoms with Gasteiger partial charge >= 0.3 is 0 Å². The van der Waals surface area contributed by atoms with Crippen LogP contribution in [0.5, 0.6) is 0 Å². The third kappa shape index (κ3) is 12.9. The summed E-state index contributed by atoms with van der Waals surface area (Å²) in [5.74, 6) is 3.58. The zero-order chi connectivity index (χ0) is 84.7. The first-order valence-electron chi connectivity index (χ1n) is 43.8. The molecule has 0 amide bonds. The fraction of sp³-hybridized carbons (Fsp3) is 0.161. The Morgan fingerprint density at radius 1 is 0.260 bits per heavy atom. The Hall–Kier alpha value is -12.1. The average Bonchev–Trinajstić information content (AvgIpc) is 1.57. The summed E-state index contributed by atoms with van der Waals surface area (Å²) in [7, 11) is 0. The molecule has 24 rings (SSSR count). The minimum absolute atomic E-state index is 0. The second kappa shape index (κ2) is 32.0. The van der Waals surface area contributed by atoms with E-state index in [0.29, 0.717) is 11.8 Å². The van der Waals surface area contributed by atoms with E-state index in [1.54, 1.807) is 0 Å². The van der Waals surface area contributed by atoms with E-state index in [4.69, 9.17) is 15.0 Å². The third-order valence-electron chi connectivity index (χ3n) is 27.9. The molecule has 0 spiro atoms. The van der Waals surface area contributed by atoms with Gasteiger partial charge in [0.05, 0.1) is 17.5 Å². The topological polar surface area (TPSA) is 53.5 Å². The van der Waals surface area contributed by atoms with Crippen LogP contribution in [-0.4, -0.2) is 28.7 Å². The molecule has 9 heteroatoms. The smallest absolute Gasteiger partial charge is 0.0603 e. The van der Waals surface area contributed by atoms with Crippen LogP contribution in [0.4, 0.5) is 0 Å². The van der Waals surface area contributed by atoms with Gasteiger partial charge in [-0.25, -0.2) is 0 Å². The molecule has 3 radical (unpaired) electrons. The zero-order valence-corrected chi connectivity index (χ0v) is 81.0. The fourth-order valence-corrected chi connectivity index (χ4v) is 22.3. The van der Waals surface area contributed by atoms with E-state index in [9.17, 15) is 0 Å². The van der Waals surface area contributed by atoms with E-state index in [1.165, 1.54) is 214 Å². The van der Waals surface area contributed by atoms with E-state index < -0.39 is 0 Å². The van der Waals surface area contributed by atoms with Gasteiger partial charge in [-0.1, -0.05) is 328 Å². The number of nitrogens with zero attached hydrogens (tertiary/aromatic N) is 6. The standard InChI is InChI=1S/C42H37N2.2C38H29N2.3Ir/c1-25(2)28-16-11-17-29(26(3)4)40(28)44-23-22-43-41(44)27-18-21-37-36(24-27)35-20-19-34-32-14-8-7-12-30(32)31-13-9-10-15-33(31)38(34)39(35)42(37,5)6;1-23-10-9-11-24(2)36(23)40-21-20-39-37(40)25-16-19-33-32(22-25)31-18-17-30-28-14-6-5-12-26(28)27-13-7-8-15-29(27)34(30)35(31)38(33,3)4;1-23-10-9-11-24(2)36(23)40-21-20-39-37(40)25-16-17-29-32-19-18-31-28-14-6-5-12-26(28)27-13-7-8-15-30(27)34(31)35(32)38(3,4)33(29)22-25;;;/h7-17,19-26H,1-6H3;2*5-15,17-22H,1-4H3;;;/q3*-1;;;. The van der Waals surface area contributed by atoms with Crippen molar-refractivity contribution in [3.05, 3.63) is 395 Å². The summed E-state index contributed by atoms with van der Waals surface area (Å²) in [6.45, 7) is 32.0. The van der Waals surface area contributed by atoms with Crippen molar-refractivity contribution in [1.82, 2.24) is 28.7 Å². The summed E-state index contributed by atoms with van der Waals surface area (Å²) in [6, 6.07) is 111. The number of benzene rings is 18. The first-order chi connectivity index (χ1) is 60.2. The van der Waals surface area contributed by atoms with Crippen LogP contribution in [0.1, 0.15) is 148 Å². The fourth-order valence-electron chi connectivity index (χ4n) is 22.3. The Morgan fingerprint density at radius 3 is 0.843 bits per heavy atom. The second-order valence-electron chi connectivity index (χ2n) is 36.8. The maximum Gasteiger partial charge on any atom is 0.0603 e. The first-order valence-corrected chi connectivity index (χ1v) is 43.8. The van der Waals surface area contributed by atoms with Gasteiger partial charge in [0.1, 0.15) is 0 Å². The van der Waals surface area contributed by atoms with Gasteiger partial charge in [0, 0.05) is 115 Å². The van der Waals surface area contributed by atoms with Crippen LogP contribution >= 0.6 is 0 Å². The first kappa shape index (κ1) is 84.4. The molecule has 0 atom stereocenters. The summed E-state index contributed by atoms with van der Waals surface area (Å²) in [4.78, 5) is 14.6. The molecule has 627 valence electrons. The molecule has 21 aromatic rings. The monoisotopic (exact) mass is 2170 g/mol. The molecule has 6 nitrogen and oxygen atoms in total. The number of imidazole rings is 3. The molecule has 0 aliphatic heterocycles. The Kier molecular flexibility index (Phi) is 21.3. The average molecular weight is 2170 g/mol. The molecule has 3 aliphatic carbocycles. The van der Waals surface area contributed by atoms with Crippen molar-refractivity contribution in [2.75, 3.05) is 0 Å². The Balaban J connectivity index is 0.000000123. The van der Waals surface area contributed by atoms with Gasteiger partial charge in [-0.2, -0.15) is 0 Å². The normalized spacial score (nSPS) is 13.4. The Bertz CT molecular complexity index is 7930. The van der Waals surface area contributed by atoms with Gasteiger partial charge < -0.3 is 13.7 Å². The third-order valence-corrected chi connectivity index (χ3v) is 27.9. The van der Waals surface area contributed by atoms with E-state index in [0.717, 1.165) is 34.2 Å². The maximum absolute atomic E-state index is 4.94. The molecular formula is C118H95Ir3N6-3. The molecule has 0 saturated carbocycles. The van der Waals surface area contributed by atoms with Crippen molar-refractivity contribution in [3.8, 4) is 84.6 Å². The van der Waals surface area contributed by atoms with Gasteiger partial charge in [-0.05, 0) is 214 Å². The number of hydrogen-bond donors (Lipinski definition) is 0. The Morgan fingerprint density at radius 2 is 0.520 bits per heavy atom. The molecule has 0 N–H and O–H groups in total. The molecule has 3 aromatic heterocycles. The van der Waals surface area contributed by atoms with Crippen molar-refractivity contribution in [2.45, 2.75) is 125 Å². The number of fused-ring (bicyclic) bond motifs is 30. The maximum atomic E-state index is 4.94. The van der Waals surface area contributed by atoms with Crippen molar-refractivity contribution in [1.29, 1.82) is 0 Å². The number of para-hydroxylation sites is 3. The van der Waals surface area contributed by atoms with E-state index in [-0.39, 0.29) is 76.6 Å². The van der Waals surface area contributed by atoms with Crippen molar-refractivity contribution in [2.24, 2.45) is 0 Å². The zero-order valence-electron chi connectivity index (χ0n) is 73.8. The van der Waals surface area contributed by atoms with Crippen molar-refractivity contribution >= 4 is 97.0 Å². The molecule has 18 aromatic carbocycles. The minimum atomic E-state index is -0.185. The summed E-state index contributed by atoms with van der Waals surface area (Å²) < 4.78 is 6.72. The van der Waals surface area contributed by atoms with Gasteiger partial charge in [0.2, 0.25) is 0 Å². The van der Waals surface area contributed by atoms with E-state index in [1.807, 2.05) is 18.6 Å². The summed E-state index contributed by atoms with van der Waals surface area (Å²) in [5, 5.41) is 23.9. The van der Waals surface area contributed by atoms with Crippen LogP contribution in [0, 0.1) is 45.9 Å². The quantitative estimate of drug-likeness (QED) is 0.113.